The first-order valence-corrected chi connectivity index (χ1v) is 10.0. The zero-order valence-electron chi connectivity index (χ0n) is 15.9. The maximum Gasteiger partial charge on any atom is 0.226 e. The van der Waals surface area contributed by atoms with E-state index in [9.17, 15) is 4.79 Å². The van der Waals surface area contributed by atoms with Crippen LogP contribution in [0.5, 0.6) is 0 Å². The molecule has 144 valence electrons. The van der Waals surface area contributed by atoms with Crippen molar-refractivity contribution in [2.45, 2.75) is 45.1 Å². The van der Waals surface area contributed by atoms with Crippen LogP contribution in [-0.4, -0.2) is 50.7 Å². The van der Waals surface area contributed by atoms with E-state index in [1.54, 1.807) is 23.3 Å². The van der Waals surface area contributed by atoms with Gasteiger partial charge in [0.15, 0.2) is 0 Å². The fraction of sp³-hybridized carbons (Fsp3) is 0.550. The van der Waals surface area contributed by atoms with Gasteiger partial charge >= 0.3 is 0 Å². The maximum atomic E-state index is 13.0. The Morgan fingerprint density at radius 2 is 1.96 bits per heavy atom. The van der Waals surface area contributed by atoms with Crippen LogP contribution in [0.15, 0.2) is 30.9 Å². The molecule has 7 heteroatoms. The minimum atomic E-state index is 0.00407. The molecule has 1 amide bonds. The standard InChI is InChI=1S/C20H26ClN5O/c1-20(2)7-3-9-25(20)19(27)15-5-10-24(11-6-15)18-13-22-8-4-17(18)26-14-16(21)12-23-26/h4,8,12-15H,3,5-7,9-11H2,1-2H3. The molecule has 0 N–H and O–H groups in total. The summed E-state index contributed by atoms with van der Waals surface area (Å²) in [6, 6.07) is 1.95. The van der Waals surface area contributed by atoms with Crippen LogP contribution in [0.3, 0.4) is 0 Å². The topological polar surface area (TPSA) is 54.3 Å². The summed E-state index contributed by atoms with van der Waals surface area (Å²) >= 11 is 6.03. The third kappa shape index (κ3) is 3.55. The number of hydrogen-bond donors (Lipinski definition) is 0. The van der Waals surface area contributed by atoms with Gasteiger partial charge in [0.1, 0.15) is 0 Å². The predicted octanol–water partition coefficient (Wildman–Crippen LogP) is 3.54. The Kier molecular flexibility index (Phi) is 4.84. The van der Waals surface area contributed by atoms with E-state index in [-0.39, 0.29) is 11.5 Å². The van der Waals surface area contributed by atoms with Crippen molar-refractivity contribution in [1.82, 2.24) is 19.7 Å². The van der Waals surface area contributed by atoms with E-state index in [1.165, 1.54) is 0 Å². The molecule has 2 aromatic heterocycles. The lowest BCUT2D eigenvalue weighted by atomic mass is 9.93. The molecule has 4 heterocycles. The molecule has 0 spiro atoms. The largest absolute Gasteiger partial charge is 0.368 e. The minimum absolute atomic E-state index is 0.00407. The van der Waals surface area contributed by atoms with Crippen molar-refractivity contribution in [3.63, 3.8) is 0 Å². The molecule has 0 aliphatic carbocycles. The molecule has 0 bridgehead atoms. The number of rotatable bonds is 3. The maximum absolute atomic E-state index is 13.0. The summed E-state index contributed by atoms with van der Waals surface area (Å²) in [5.41, 5.74) is 2.00. The van der Waals surface area contributed by atoms with Gasteiger partial charge in [-0.1, -0.05) is 11.6 Å². The Morgan fingerprint density at radius 3 is 2.59 bits per heavy atom. The van der Waals surface area contributed by atoms with Crippen LogP contribution in [0.2, 0.25) is 5.02 Å². The Morgan fingerprint density at radius 1 is 1.19 bits per heavy atom. The third-order valence-corrected chi connectivity index (χ3v) is 6.12. The Hall–Kier alpha value is -2.08. The average molecular weight is 388 g/mol. The van der Waals surface area contributed by atoms with Crippen LogP contribution in [0.4, 0.5) is 5.69 Å². The number of anilines is 1. The van der Waals surface area contributed by atoms with Crippen LogP contribution < -0.4 is 4.90 Å². The zero-order valence-corrected chi connectivity index (χ0v) is 16.7. The lowest BCUT2D eigenvalue weighted by Gasteiger charge is -2.38. The second-order valence-corrected chi connectivity index (χ2v) is 8.57. The number of likely N-dealkylation sites (tertiary alicyclic amines) is 1. The number of hydrogen-bond acceptors (Lipinski definition) is 4. The molecule has 2 saturated heterocycles. The Bertz CT molecular complexity index is 825. The number of nitrogens with zero attached hydrogens (tertiary/aromatic N) is 5. The van der Waals surface area contributed by atoms with Gasteiger partial charge in [-0.05, 0) is 45.6 Å². The molecule has 0 radical (unpaired) electrons. The van der Waals surface area contributed by atoms with Gasteiger partial charge in [-0.15, -0.1) is 0 Å². The first-order valence-electron chi connectivity index (χ1n) is 9.67. The lowest BCUT2D eigenvalue weighted by molar-refractivity contribution is -0.139. The van der Waals surface area contributed by atoms with Gasteiger partial charge in [0.2, 0.25) is 5.91 Å². The van der Waals surface area contributed by atoms with Crippen molar-refractivity contribution >= 4 is 23.2 Å². The molecular formula is C20H26ClN5O. The van der Waals surface area contributed by atoms with Crippen LogP contribution in [0.1, 0.15) is 39.5 Å². The van der Waals surface area contributed by atoms with E-state index in [0.717, 1.165) is 56.7 Å². The number of carbonyl (C=O) groups is 1. The van der Waals surface area contributed by atoms with Gasteiger partial charge in [-0.3, -0.25) is 9.78 Å². The predicted molar refractivity (Wildman–Crippen MR) is 106 cm³/mol. The van der Waals surface area contributed by atoms with Gasteiger partial charge in [0, 0.05) is 43.5 Å². The summed E-state index contributed by atoms with van der Waals surface area (Å²) in [5, 5.41) is 4.93. The molecule has 6 nitrogen and oxygen atoms in total. The van der Waals surface area contributed by atoms with Crippen LogP contribution in [0, 0.1) is 5.92 Å². The van der Waals surface area contributed by atoms with E-state index in [2.05, 4.69) is 33.7 Å². The molecular weight excluding hydrogens is 362 g/mol. The molecule has 2 aliphatic rings. The van der Waals surface area contributed by atoms with Crippen LogP contribution in [0.25, 0.3) is 5.69 Å². The van der Waals surface area contributed by atoms with Crippen molar-refractivity contribution < 1.29 is 4.79 Å². The number of carbonyl (C=O) groups excluding carboxylic acids is 1. The fourth-order valence-electron chi connectivity index (χ4n) is 4.35. The molecule has 0 aromatic carbocycles. The summed E-state index contributed by atoms with van der Waals surface area (Å²) in [6.45, 7) is 6.96. The van der Waals surface area contributed by atoms with E-state index < -0.39 is 0 Å². The summed E-state index contributed by atoms with van der Waals surface area (Å²) in [4.78, 5) is 21.7. The Labute approximate surface area is 165 Å². The van der Waals surface area contributed by atoms with Crippen LogP contribution >= 0.6 is 11.6 Å². The second-order valence-electron chi connectivity index (χ2n) is 8.13. The van der Waals surface area contributed by atoms with Crippen LogP contribution in [-0.2, 0) is 4.79 Å². The van der Waals surface area contributed by atoms with E-state index in [1.807, 2.05) is 12.3 Å². The molecule has 2 aromatic rings. The van der Waals surface area contributed by atoms with Crippen molar-refractivity contribution in [2.75, 3.05) is 24.5 Å². The van der Waals surface area contributed by atoms with Gasteiger partial charge in [0.25, 0.3) is 0 Å². The van der Waals surface area contributed by atoms with Gasteiger partial charge in [-0.2, -0.15) is 5.10 Å². The highest BCUT2D eigenvalue weighted by molar-refractivity contribution is 6.30. The smallest absolute Gasteiger partial charge is 0.226 e. The summed E-state index contributed by atoms with van der Waals surface area (Å²) in [6.07, 6.45) is 11.0. The van der Waals surface area contributed by atoms with E-state index >= 15 is 0 Å². The normalized spacial score (nSPS) is 20.3. The van der Waals surface area contributed by atoms with Gasteiger partial charge in [-0.25, -0.2) is 4.68 Å². The van der Waals surface area contributed by atoms with E-state index in [0.29, 0.717) is 10.9 Å². The average Bonchev–Trinajstić information content (AvgIpc) is 3.26. The molecule has 0 saturated carbocycles. The summed E-state index contributed by atoms with van der Waals surface area (Å²) < 4.78 is 1.78. The number of amides is 1. The highest BCUT2D eigenvalue weighted by Gasteiger charge is 2.39. The lowest BCUT2D eigenvalue weighted by Crippen LogP contribution is -2.48. The highest BCUT2D eigenvalue weighted by atomic mass is 35.5. The molecule has 4 rings (SSSR count). The van der Waals surface area contributed by atoms with Crippen molar-refractivity contribution in [2.24, 2.45) is 5.92 Å². The van der Waals surface area contributed by atoms with Gasteiger partial charge in [0.05, 0.1) is 28.8 Å². The second kappa shape index (κ2) is 7.15. The monoisotopic (exact) mass is 387 g/mol. The molecule has 2 aliphatic heterocycles. The summed E-state index contributed by atoms with van der Waals surface area (Å²) in [7, 11) is 0. The summed E-state index contributed by atoms with van der Waals surface area (Å²) in [5.74, 6) is 0.459. The van der Waals surface area contributed by atoms with Gasteiger partial charge < -0.3 is 9.80 Å². The van der Waals surface area contributed by atoms with Crippen molar-refractivity contribution in [1.29, 1.82) is 0 Å². The van der Waals surface area contributed by atoms with Crippen molar-refractivity contribution in [3.8, 4) is 5.69 Å². The third-order valence-electron chi connectivity index (χ3n) is 5.93. The number of aromatic nitrogens is 3. The molecule has 2 fully saturated rings. The zero-order chi connectivity index (χ0) is 19.0. The Balaban J connectivity index is 1.47. The van der Waals surface area contributed by atoms with Crippen molar-refractivity contribution in [3.05, 3.63) is 35.9 Å². The molecule has 0 unspecified atom stereocenters. The first kappa shape index (κ1) is 18.3. The van der Waals surface area contributed by atoms with E-state index in [4.69, 9.17) is 11.6 Å². The number of piperidine rings is 1. The quantitative estimate of drug-likeness (QED) is 0.808. The minimum Gasteiger partial charge on any atom is -0.368 e. The first-order chi connectivity index (χ1) is 13.0. The number of halogens is 1. The molecule has 27 heavy (non-hydrogen) atoms. The highest BCUT2D eigenvalue weighted by Crippen LogP contribution is 2.33. The fourth-order valence-corrected chi connectivity index (χ4v) is 4.49. The number of pyridine rings is 1. The SMILES string of the molecule is CC1(C)CCCN1C(=O)C1CCN(c2cnccc2-n2cc(Cl)cn2)CC1. The molecule has 0 atom stereocenters.